The second-order valence-corrected chi connectivity index (χ2v) is 15.0. The van der Waals surface area contributed by atoms with Crippen molar-refractivity contribution >= 4 is 43.5 Å². The summed E-state index contributed by atoms with van der Waals surface area (Å²) in [6.45, 7) is 6.14. The number of amides is 1. The Hall–Kier alpha value is -4.93. The molecule has 0 aliphatic carbocycles. The number of hydrogen-bond donors (Lipinski definition) is 2. The van der Waals surface area contributed by atoms with Crippen molar-refractivity contribution in [1.29, 1.82) is 0 Å². The van der Waals surface area contributed by atoms with E-state index in [2.05, 4.69) is 26.0 Å². The Morgan fingerprint density at radius 3 is 1.96 bits per heavy atom. The standard InChI is InChI=1S/C39H37BrN2O6S/c1-39(2,3)29-16-21-33(22-17-29)49(45,46)42-35-23-18-30(40)24-34(35)38(44)41-36(25-37(43)47-4)28-12-10-26(11-13-28)27-14-19-32(20-15-27)48-31-8-6-5-7-9-31/h5-24,36,42H,25H2,1-4H3,(H,41,44). The van der Waals surface area contributed by atoms with Crippen LogP contribution in [0.15, 0.2) is 131 Å². The molecule has 1 amide bonds. The van der Waals surface area contributed by atoms with Crippen molar-refractivity contribution in [3.05, 3.63) is 142 Å². The summed E-state index contributed by atoms with van der Waals surface area (Å²) in [5, 5.41) is 2.91. The van der Waals surface area contributed by atoms with Gasteiger partial charge in [0.25, 0.3) is 15.9 Å². The summed E-state index contributed by atoms with van der Waals surface area (Å²) in [6, 6.07) is 35.3. The number of halogens is 1. The van der Waals surface area contributed by atoms with Gasteiger partial charge in [0, 0.05) is 4.47 Å². The lowest BCUT2D eigenvalue weighted by molar-refractivity contribution is -0.141. The Morgan fingerprint density at radius 2 is 1.37 bits per heavy atom. The van der Waals surface area contributed by atoms with Crippen molar-refractivity contribution in [2.24, 2.45) is 0 Å². The lowest BCUT2D eigenvalue weighted by atomic mass is 9.87. The zero-order valence-corrected chi connectivity index (χ0v) is 30.0. The molecule has 5 rings (SSSR count). The van der Waals surface area contributed by atoms with Crippen molar-refractivity contribution in [3.63, 3.8) is 0 Å². The summed E-state index contributed by atoms with van der Waals surface area (Å²) in [4.78, 5) is 26.3. The first-order chi connectivity index (χ1) is 23.3. The quantitative estimate of drug-likeness (QED) is 0.131. The molecule has 5 aromatic rings. The van der Waals surface area contributed by atoms with Crippen LogP contribution >= 0.6 is 15.9 Å². The third-order valence-corrected chi connectivity index (χ3v) is 9.76. The number of carbonyl (C=O) groups excluding carboxylic acids is 2. The van der Waals surface area contributed by atoms with Gasteiger partial charge in [-0.2, -0.15) is 0 Å². The normalized spacial score (nSPS) is 12.1. The number of rotatable bonds is 11. The van der Waals surface area contributed by atoms with E-state index in [1.807, 2.05) is 99.6 Å². The van der Waals surface area contributed by atoms with E-state index in [1.54, 1.807) is 30.3 Å². The molecule has 2 N–H and O–H groups in total. The van der Waals surface area contributed by atoms with Gasteiger partial charge in [-0.25, -0.2) is 8.42 Å². The van der Waals surface area contributed by atoms with Crippen LogP contribution in [-0.2, 0) is 25.0 Å². The molecule has 8 nitrogen and oxygen atoms in total. The van der Waals surface area contributed by atoms with Crippen molar-refractivity contribution in [3.8, 4) is 22.6 Å². The monoisotopic (exact) mass is 740 g/mol. The van der Waals surface area contributed by atoms with Gasteiger partial charge in [0.15, 0.2) is 0 Å². The number of carbonyl (C=O) groups is 2. The van der Waals surface area contributed by atoms with Crippen LogP contribution in [0.5, 0.6) is 11.5 Å². The van der Waals surface area contributed by atoms with Gasteiger partial charge in [0.05, 0.1) is 35.7 Å². The molecule has 5 aromatic carbocycles. The number of hydrogen-bond acceptors (Lipinski definition) is 6. The number of anilines is 1. The molecule has 0 bridgehead atoms. The molecule has 1 atom stereocenters. The van der Waals surface area contributed by atoms with Gasteiger partial charge in [-0.05, 0) is 82.3 Å². The first-order valence-corrected chi connectivity index (χ1v) is 17.8. The van der Waals surface area contributed by atoms with Crippen molar-refractivity contribution in [1.82, 2.24) is 5.32 Å². The summed E-state index contributed by atoms with van der Waals surface area (Å²) in [6.07, 6.45) is -0.137. The first kappa shape index (κ1) is 35.4. The molecule has 0 radical (unpaired) electrons. The minimum absolute atomic E-state index is 0.0665. The summed E-state index contributed by atoms with van der Waals surface area (Å²) in [5.41, 5.74) is 3.57. The van der Waals surface area contributed by atoms with E-state index in [-0.39, 0.29) is 28.0 Å². The maximum atomic E-state index is 13.8. The average molecular weight is 742 g/mol. The Balaban J connectivity index is 1.35. The molecule has 1 unspecified atom stereocenters. The van der Waals surface area contributed by atoms with Gasteiger partial charge in [0.1, 0.15) is 11.5 Å². The first-order valence-electron chi connectivity index (χ1n) is 15.6. The minimum Gasteiger partial charge on any atom is -0.469 e. The van der Waals surface area contributed by atoms with Crippen LogP contribution in [0.3, 0.4) is 0 Å². The summed E-state index contributed by atoms with van der Waals surface area (Å²) >= 11 is 3.39. The number of esters is 1. The smallest absolute Gasteiger partial charge is 0.307 e. The minimum atomic E-state index is -4.03. The number of nitrogens with one attached hydrogen (secondary N) is 2. The molecular weight excluding hydrogens is 704 g/mol. The van der Waals surface area contributed by atoms with Crippen LogP contribution in [0.4, 0.5) is 5.69 Å². The molecular formula is C39H37BrN2O6S. The zero-order valence-electron chi connectivity index (χ0n) is 27.6. The summed E-state index contributed by atoms with van der Waals surface area (Å²) in [5.74, 6) is 0.364. The third kappa shape index (κ3) is 9.16. The molecule has 10 heteroatoms. The Morgan fingerprint density at radius 1 is 0.776 bits per heavy atom. The predicted octanol–water partition coefficient (Wildman–Crippen LogP) is 9.04. The molecule has 0 spiro atoms. The molecule has 0 fully saturated rings. The molecule has 0 heterocycles. The largest absolute Gasteiger partial charge is 0.469 e. The van der Waals surface area contributed by atoms with Gasteiger partial charge in [-0.15, -0.1) is 0 Å². The number of methoxy groups -OCH3 is 1. The Bertz CT molecular complexity index is 2030. The molecule has 0 saturated heterocycles. The van der Waals surface area contributed by atoms with Gasteiger partial charge in [0.2, 0.25) is 0 Å². The lowest BCUT2D eigenvalue weighted by Crippen LogP contribution is -2.31. The maximum absolute atomic E-state index is 13.8. The Kier molecular flexibility index (Phi) is 10.9. The van der Waals surface area contributed by atoms with Crippen molar-refractivity contribution in [2.75, 3.05) is 11.8 Å². The fourth-order valence-electron chi connectivity index (χ4n) is 5.12. The highest BCUT2D eigenvalue weighted by Gasteiger charge is 2.24. The molecule has 0 aromatic heterocycles. The van der Waals surface area contributed by atoms with Crippen LogP contribution < -0.4 is 14.8 Å². The van der Waals surface area contributed by atoms with E-state index >= 15 is 0 Å². The highest BCUT2D eigenvalue weighted by atomic mass is 79.9. The summed E-state index contributed by atoms with van der Waals surface area (Å²) in [7, 11) is -2.74. The van der Waals surface area contributed by atoms with Crippen LogP contribution in [0.1, 0.15) is 54.7 Å². The van der Waals surface area contributed by atoms with E-state index in [1.165, 1.54) is 19.2 Å². The number of sulfonamides is 1. The van der Waals surface area contributed by atoms with Gasteiger partial charge in [-0.3, -0.25) is 14.3 Å². The molecule has 0 aliphatic heterocycles. The molecule has 49 heavy (non-hydrogen) atoms. The molecule has 252 valence electrons. The highest BCUT2D eigenvalue weighted by Crippen LogP contribution is 2.30. The number of para-hydroxylation sites is 1. The van der Waals surface area contributed by atoms with E-state index in [0.29, 0.717) is 15.8 Å². The van der Waals surface area contributed by atoms with Crippen LogP contribution in [0, 0.1) is 0 Å². The van der Waals surface area contributed by atoms with Crippen LogP contribution in [-0.4, -0.2) is 27.4 Å². The maximum Gasteiger partial charge on any atom is 0.307 e. The van der Waals surface area contributed by atoms with Crippen LogP contribution in [0.2, 0.25) is 0 Å². The predicted molar refractivity (Wildman–Crippen MR) is 195 cm³/mol. The molecule has 0 saturated carbocycles. The number of benzene rings is 5. The second-order valence-electron chi connectivity index (χ2n) is 12.4. The average Bonchev–Trinajstić information content (AvgIpc) is 3.09. The lowest BCUT2D eigenvalue weighted by Gasteiger charge is -2.21. The van der Waals surface area contributed by atoms with Crippen molar-refractivity contribution < 1.29 is 27.5 Å². The zero-order chi connectivity index (χ0) is 35.2. The fraction of sp³-hybridized carbons (Fsp3) is 0.179. The van der Waals surface area contributed by atoms with E-state index < -0.39 is 27.9 Å². The van der Waals surface area contributed by atoms with Gasteiger partial charge < -0.3 is 14.8 Å². The summed E-state index contributed by atoms with van der Waals surface area (Å²) < 4.78 is 40.7. The van der Waals surface area contributed by atoms with E-state index in [4.69, 9.17) is 9.47 Å². The Labute approximate surface area is 295 Å². The second kappa shape index (κ2) is 15.1. The SMILES string of the molecule is COC(=O)CC(NC(=O)c1cc(Br)ccc1NS(=O)(=O)c1ccc(C(C)(C)C)cc1)c1ccc(-c2ccc(Oc3ccccc3)cc2)cc1. The van der Waals surface area contributed by atoms with Crippen molar-refractivity contribution in [2.45, 2.75) is 43.5 Å². The fourth-order valence-corrected chi connectivity index (χ4v) is 6.56. The van der Waals surface area contributed by atoms with E-state index in [9.17, 15) is 18.0 Å². The number of ether oxygens (including phenoxy) is 2. The van der Waals surface area contributed by atoms with Crippen LogP contribution in [0.25, 0.3) is 11.1 Å². The third-order valence-electron chi connectivity index (χ3n) is 7.88. The van der Waals surface area contributed by atoms with E-state index in [0.717, 1.165) is 22.4 Å². The highest BCUT2D eigenvalue weighted by molar-refractivity contribution is 9.10. The topological polar surface area (TPSA) is 111 Å². The molecule has 0 aliphatic rings. The van der Waals surface area contributed by atoms with Gasteiger partial charge >= 0.3 is 5.97 Å². The van der Waals surface area contributed by atoms with Gasteiger partial charge in [-0.1, -0.05) is 103 Å².